The maximum absolute atomic E-state index is 14.2. The van der Waals surface area contributed by atoms with Gasteiger partial charge in [-0.1, -0.05) is 0 Å². The monoisotopic (exact) mass is 467 g/mol. The topological polar surface area (TPSA) is 54.8 Å². The van der Waals surface area contributed by atoms with Crippen molar-refractivity contribution in [2.75, 3.05) is 33.3 Å². The lowest BCUT2D eigenvalue weighted by Gasteiger charge is -2.50. The number of ether oxygens (including phenoxy) is 1. The Morgan fingerprint density at radius 1 is 1.06 bits per heavy atom. The molecule has 33 heavy (non-hydrogen) atoms. The van der Waals surface area contributed by atoms with Gasteiger partial charge >= 0.3 is 6.18 Å². The molecule has 1 aromatic carbocycles. The lowest BCUT2D eigenvalue weighted by atomic mass is 9.81. The van der Waals surface area contributed by atoms with Crippen molar-refractivity contribution in [3.8, 4) is 5.75 Å². The molecule has 1 aromatic heterocycles. The first kappa shape index (κ1) is 23.3. The van der Waals surface area contributed by atoms with Crippen LogP contribution in [0.15, 0.2) is 30.3 Å². The third-order valence-corrected chi connectivity index (χ3v) is 6.69. The van der Waals surface area contributed by atoms with Crippen LogP contribution in [-0.4, -0.2) is 65.5 Å². The summed E-state index contributed by atoms with van der Waals surface area (Å²) < 4.78 is 60.0. The molecule has 1 amide bonds. The average Bonchev–Trinajstić information content (AvgIpc) is 3.21. The summed E-state index contributed by atoms with van der Waals surface area (Å²) in [5.74, 6) is -2.68. The molecule has 0 saturated carbocycles. The van der Waals surface area contributed by atoms with Gasteiger partial charge in [0.05, 0.1) is 17.8 Å². The number of halogens is 4. The molecule has 1 spiro atoms. The van der Waals surface area contributed by atoms with Crippen LogP contribution in [0.25, 0.3) is 0 Å². The summed E-state index contributed by atoms with van der Waals surface area (Å²) in [6, 6.07) is 6.94. The number of piperidine rings is 1. The van der Waals surface area contributed by atoms with Crippen molar-refractivity contribution in [1.82, 2.24) is 14.4 Å². The Bertz CT molecular complexity index is 1070. The Balaban J connectivity index is 1.55. The molecule has 0 radical (unpaired) electrons. The number of likely N-dealkylation sites (N-methyl/N-ethyl adjacent to an activating group) is 1. The van der Waals surface area contributed by atoms with Crippen LogP contribution in [0.2, 0.25) is 0 Å². The SMILES string of the molecule is CCOc1ccc(C(=O)N2CCC3(CC2)c2ccc(C(=O)C(F)(F)F)n2CCN3C)cc1F. The van der Waals surface area contributed by atoms with Gasteiger partial charge in [0.25, 0.3) is 11.7 Å². The highest BCUT2D eigenvalue weighted by Gasteiger charge is 2.47. The molecule has 0 N–H and O–H groups in total. The molecule has 1 fully saturated rings. The van der Waals surface area contributed by atoms with Gasteiger partial charge in [0.2, 0.25) is 0 Å². The number of nitrogens with zero attached hydrogens (tertiary/aromatic N) is 3. The fourth-order valence-corrected chi connectivity index (χ4v) is 4.92. The van der Waals surface area contributed by atoms with E-state index in [0.717, 1.165) is 6.07 Å². The highest BCUT2D eigenvalue weighted by atomic mass is 19.4. The molecule has 6 nitrogen and oxygen atoms in total. The minimum Gasteiger partial charge on any atom is -0.491 e. The van der Waals surface area contributed by atoms with E-state index in [1.54, 1.807) is 17.9 Å². The van der Waals surface area contributed by atoms with E-state index >= 15 is 0 Å². The lowest BCUT2D eigenvalue weighted by molar-refractivity contribution is -0.0892. The molecular formula is C23H25F4N3O3. The first-order chi connectivity index (χ1) is 15.6. The van der Waals surface area contributed by atoms with Gasteiger partial charge in [0.15, 0.2) is 11.6 Å². The molecule has 2 aliphatic heterocycles. The van der Waals surface area contributed by atoms with Crippen molar-refractivity contribution in [2.45, 2.75) is 38.0 Å². The normalized spacial score (nSPS) is 18.3. The number of ketones is 1. The maximum Gasteiger partial charge on any atom is 0.456 e. The van der Waals surface area contributed by atoms with E-state index in [0.29, 0.717) is 44.8 Å². The number of carbonyl (C=O) groups is 2. The van der Waals surface area contributed by atoms with Crippen LogP contribution in [0.5, 0.6) is 5.75 Å². The molecule has 3 heterocycles. The van der Waals surface area contributed by atoms with Crippen molar-refractivity contribution in [2.24, 2.45) is 0 Å². The van der Waals surface area contributed by atoms with Crippen LogP contribution < -0.4 is 4.74 Å². The van der Waals surface area contributed by atoms with Crippen LogP contribution in [0.1, 0.15) is 46.3 Å². The molecule has 178 valence electrons. The molecule has 0 aliphatic carbocycles. The number of benzene rings is 1. The summed E-state index contributed by atoms with van der Waals surface area (Å²) in [6.07, 6.45) is -3.97. The van der Waals surface area contributed by atoms with E-state index in [1.165, 1.54) is 22.8 Å². The van der Waals surface area contributed by atoms with E-state index in [-0.39, 0.29) is 29.5 Å². The molecule has 1 saturated heterocycles. The quantitative estimate of drug-likeness (QED) is 0.507. The van der Waals surface area contributed by atoms with Gasteiger partial charge in [-0.15, -0.1) is 0 Å². The fraction of sp³-hybridized carbons (Fsp3) is 0.478. The molecule has 4 rings (SSSR count). The number of amides is 1. The molecule has 0 atom stereocenters. The van der Waals surface area contributed by atoms with E-state index in [4.69, 9.17) is 4.74 Å². The minimum atomic E-state index is -4.94. The highest BCUT2D eigenvalue weighted by molar-refractivity contribution is 5.99. The summed E-state index contributed by atoms with van der Waals surface area (Å²) in [5.41, 5.74) is -0.0646. The number of likely N-dealkylation sites (tertiary alicyclic amines) is 1. The second kappa shape index (κ2) is 8.48. The Kier molecular flexibility index (Phi) is 5.98. The number of aromatic nitrogens is 1. The largest absolute Gasteiger partial charge is 0.491 e. The van der Waals surface area contributed by atoms with Gasteiger partial charge in [0.1, 0.15) is 0 Å². The third kappa shape index (κ3) is 4.01. The summed E-state index contributed by atoms with van der Waals surface area (Å²) in [7, 11) is 1.90. The maximum atomic E-state index is 14.2. The zero-order chi connectivity index (χ0) is 24.0. The van der Waals surface area contributed by atoms with E-state index in [9.17, 15) is 27.2 Å². The highest BCUT2D eigenvalue weighted by Crippen LogP contribution is 2.42. The average molecular weight is 467 g/mol. The first-order valence-corrected chi connectivity index (χ1v) is 10.8. The van der Waals surface area contributed by atoms with Gasteiger partial charge in [-0.05, 0) is 57.1 Å². The summed E-state index contributed by atoms with van der Waals surface area (Å²) in [4.78, 5) is 28.6. The second-order valence-electron chi connectivity index (χ2n) is 8.41. The number of rotatable bonds is 4. The van der Waals surface area contributed by atoms with Crippen LogP contribution in [0.3, 0.4) is 0 Å². The predicted molar refractivity (Wildman–Crippen MR) is 112 cm³/mol. The number of alkyl halides is 3. The molecule has 10 heteroatoms. The third-order valence-electron chi connectivity index (χ3n) is 6.69. The van der Waals surface area contributed by atoms with Gasteiger partial charge < -0.3 is 14.2 Å². The van der Waals surface area contributed by atoms with Crippen molar-refractivity contribution >= 4 is 11.7 Å². The second-order valence-corrected chi connectivity index (χ2v) is 8.41. The number of fused-ring (bicyclic) bond motifs is 2. The fourth-order valence-electron chi connectivity index (χ4n) is 4.92. The first-order valence-electron chi connectivity index (χ1n) is 10.8. The summed E-state index contributed by atoms with van der Waals surface area (Å²) in [6.45, 7) is 3.52. The van der Waals surface area contributed by atoms with E-state index < -0.39 is 23.3 Å². The smallest absolute Gasteiger partial charge is 0.456 e. The molecule has 0 unspecified atom stereocenters. The Morgan fingerprint density at radius 3 is 2.36 bits per heavy atom. The van der Waals surface area contributed by atoms with Gasteiger partial charge in [-0.2, -0.15) is 13.2 Å². The van der Waals surface area contributed by atoms with E-state index in [2.05, 4.69) is 4.90 Å². The van der Waals surface area contributed by atoms with Gasteiger partial charge in [0, 0.05) is 37.4 Å². The van der Waals surface area contributed by atoms with Crippen molar-refractivity contribution in [1.29, 1.82) is 0 Å². The Hall–Kier alpha value is -2.88. The van der Waals surface area contributed by atoms with Crippen LogP contribution in [-0.2, 0) is 12.1 Å². The summed E-state index contributed by atoms with van der Waals surface area (Å²) >= 11 is 0. The Morgan fingerprint density at radius 2 is 1.76 bits per heavy atom. The Labute approximate surface area is 188 Å². The molecule has 2 aromatic rings. The van der Waals surface area contributed by atoms with Gasteiger partial charge in [-0.3, -0.25) is 14.5 Å². The number of hydrogen-bond donors (Lipinski definition) is 0. The zero-order valence-electron chi connectivity index (χ0n) is 18.4. The van der Waals surface area contributed by atoms with Crippen molar-refractivity contribution < 1.29 is 31.9 Å². The van der Waals surface area contributed by atoms with Crippen LogP contribution in [0, 0.1) is 5.82 Å². The number of hydrogen-bond acceptors (Lipinski definition) is 4. The zero-order valence-corrected chi connectivity index (χ0v) is 18.4. The number of Topliss-reactive ketones (excluding diaryl/α,β-unsaturated/α-hetero) is 1. The van der Waals surface area contributed by atoms with Crippen molar-refractivity contribution in [3.05, 3.63) is 53.1 Å². The van der Waals surface area contributed by atoms with Gasteiger partial charge in [-0.25, -0.2) is 4.39 Å². The van der Waals surface area contributed by atoms with E-state index in [1.807, 2.05) is 7.05 Å². The molecule has 0 bridgehead atoms. The predicted octanol–water partition coefficient (Wildman–Crippen LogP) is 3.85. The standard InChI is InChI=1S/C23H25F4N3O3/c1-3-33-18-6-4-15(14-16(18)24)21(32)29-10-8-22(9-11-29)19-7-5-17(20(31)23(25,26)27)30(19)13-12-28(22)2/h4-7,14H,3,8-13H2,1-2H3. The molecular weight excluding hydrogens is 442 g/mol. The minimum absolute atomic E-state index is 0.0837. The molecule has 2 aliphatic rings. The number of carbonyl (C=O) groups excluding carboxylic acids is 2. The van der Waals surface area contributed by atoms with Crippen LogP contribution in [0.4, 0.5) is 17.6 Å². The van der Waals surface area contributed by atoms with Crippen LogP contribution >= 0.6 is 0 Å². The van der Waals surface area contributed by atoms with Crippen molar-refractivity contribution in [3.63, 3.8) is 0 Å². The summed E-state index contributed by atoms with van der Waals surface area (Å²) in [5, 5.41) is 0. The lowest BCUT2D eigenvalue weighted by Crippen LogP contribution is -2.56.